The van der Waals surface area contributed by atoms with Crippen molar-refractivity contribution >= 4 is 27.9 Å². The lowest BCUT2D eigenvalue weighted by molar-refractivity contribution is -0.116. The van der Waals surface area contributed by atoms with E-state index in [0.29, 0.717) is 0 Å². The van der Waals surface area contributed by atoms with E-state index in [4.69, 9.17) is 0 Å². The van der Waals surface area contributed by atoms with Gasteiger partial charge in [0.15, 0.2) is 5.66 Å². The molecule has 1 aliphatic carbocycles. The van der Waals surface area contributed by atoms with Gasteiger partial charge in [0.2, 0.25) is 5.78 Å². The molecule has 4 rings (SSSR count). The first-order valence-electron chi connectivity index (χ1n) is 6.27. The summed E-state index contributed by atoms with van der Waals surface area (Å²) >= 11 is 0. The molecule has 0 aromatic heterocycles. The van der Waals surface area contributed by atoms with Crippen LogP contribution in [0.1, 0.15) is 0 Å². The highest BCUT2D eigenvalue weighted by molar-refractivity contribution is 6.13. The van der Waals surface area contributed by atoms with Crippen LogP contribution in [-0.2, 0) is 4.79 Å². The first-order valence-corrected chi connectivity index (χ1v) is 6.27. The van der Waals surface area contributed by atoms with Crippen LogP contribution >= 0.6 is 0 Å². The molecule has 3 nitrogen and oxygen atoms in total. The average Bonchev–Trinajstić information content (AvgIpc) is 2.43. The van der Waals surface area contributed by atoms with Crippen molar-refractivity contribution in [2.75, 3.05) is 10.6 Å². The molecule has 0 atom stereocenters. The van der Waals surface area contributed by atoms with Crippen molar-refractivity contribution in [1.82, 2.24) is 0 Å². The smallest absolute Gasteiger partial charge is 0.205 e. The lowest BCUT2D eigenvalue weighted by Gasteiger charge is -2.38. The molecule has 2 aliphatic rings. The summed E-state index contributed by atoms with van der Waals surface area (Å²) in [6, 6.07) is 12.2. The van der Waals surface area contributed by atoms with Gasteiger partial charge in [0.25, 0.3) is 0 Å². The van der Waals surface area contributed by atoms with Crippen LogP contribution in [0, 0.1) is 0 Å². The molecule has 2 N–H and O–H groups in total. The second-order valence-electron chi connectivity index (χ2n) is 4.85. The Labute approximate surface area is 110 Å². The van der Waals surface area contributed by atoms with E-state index in [1.54, 1.807) is 12.2 Å². The molecule has 2 aromatic carbocycles. The number of ketones is 1. The van der Waals surface area contributed by atoms with Gasteiger partial charge in [-0.3, -0.25) is 4.79 Å². The average molecular weight is 248 g/mol. The van der Waals surface area contributed by atoms with E-state index < -0.39 is 5.66 Å². The molecule has 0 saturated carbocycles. The summed E-state index contributed by atoms with van der Waals surface area (Å²) < 4.78 is 0. The van der Waals surface area contributed by atoms with E-state index in [-0.39, 0.29) is 5.78 Å². The lowest BCUT2D eigenvalue weighted by Crippen LogP contribution is -2.53. The van der Waals surface area contributed by atoms with Crippen LogP contribution < -0.4 is 10.6 Å². The zero-order valence-electron chi connectivity index (χ0n) is 10.2. The number of carbonyl (C=O) groups is 1. The van der Waals surface area contributed by atoms with Gasteiger partial charge in [-0.15, -0.1) is 0 Å². The summed E-state index contributed by atoms with van der Waals surface area (Å²) in [6.07, 6.45) is 7.10. The largest absolute Gasteiger partial charge is 0.353 e. The number of benzene rings is 2. The van der Waals surface area contributed by atoms with E-state index in [1.165, 1.54) is 0 Å². The van der Waals surface area contributed by atoms with Crippen molar-refractivity contribution in [3.05, 3.63) is 60.7 Å². The molecule has 1 aliphatic heterocycles. The van der Waals surface area contributed by atoms with E-state index in [1.807, 2.05) is 36.4 Å². The molecule has 0 amide bonds. The van der Waals surface area contributed by atoms with Gasteiger partial charge in [0.1, 0.15) is 0 Å². The molecule has 2 aromatic rings. The third-order valence-corrected chi connectivity index (χ3v) is 3.66. The SMILES string of the molecule is O=C1C=CC=CC12Nc1cccc3cccc(c13)N2. The highest BCUT2D eigenvalue weighted by Gasteiger charge is 2.38. The number of allylic oxidation sites excluding steroid dienone is 2. The Morgan fingerprint density at radius 2 is 1.58 bits per heavy atom. The normalized spacial score (nSPS) is 18.4. The Kier molecular flexibility index (Phi) is 1.90. The van der Waals surface area contributed by atoms with Gasteiger partial charge < -0.3 is 10.6 Å². The minimum Gasteiger partial charge on any atom is -0.353 e. The van der Waals surface area contributed by atoms with Crippen LogP contribution in [0.15, 0.2) is 60.7 Å². The summed E-state index contributed by atoms with van der Waals surface area (Å²) in [5.41, 5.74) is 1.12. The Hall–Kier alpha value is -2.55. The molecular weight excluding hydrogens is 236 g/mol. The van der Waals surface area contributed by atoms with Gasteiger partial charge >= 0.3 is 0 Å². The number of hydrogen-bond acceptors (Lipinski definition) is 3. The van der Waals surface area contributed by atoms with Gasteiger partial charge in [-0.1, -0.05) is 36.4 Å². The van der Waals surface area contributed by atoms with Crippen LogP contribution in [0.2, 0.25) is 0 Å². The molecule has 0 fully saturated rings. The highest BCUT2D eigenvalue weighted by Crippen LogP contribution is 2.38. The van der Waals surface area contributed by atoms with E-state index in [2.05, 4.69) is 22.8 Å². The van der Waals surface area contributed by atoms with Gasteiger partial charge in [0.05, 0.1) is 0 Å². The topological polar surface area (TPSA) is 41.1 Å². The summed E-state index contributed by atoms with van der Waals surface area (Å²) in [7, 11) is 0. The van der Waals surface area contributed by atoms with Crippen molar-refractivity contribution < 1.29 is 4.79 Å². The Morgan fingerprint density at radius 1 is 0.895 bits per heavy atom. The van der Waals surface area contributed by atoms with Gasteiger partial charge in [-0.25, -0.2) is 0 Å². The molecule has 0 unspecified atom stereocenters. The summed E-state index contributed by atoms with van der Waals surface area (Å²) in [5, 5.41) is 8.95. The summed E-state index contributed by atoms with van der Waals surface area (Å²) in [4.78, 5) is 12.2. The van der Waals surface area contributed by atoms with Gasteiger partial charge in [-0.2, -0.15) is 0 Å². The lowest BCUT2D eigenvalue weighted by atomic mass is 9.93. The second-order valence-corrected chi connectivity index (χ2v) is 4.85. The molecule has 3 heteroatoms. The maximum absolute atomic E-state index is 12.2. The number of hydrogen-bond donors (Lipinski definition) is 2. The Bertz CT molecular complexity index is 718. The summed E-state index contributed by atoms with van der Waals surface area (Å²) in [6.45, 7) is 0. The molecule has 92 valence electrons. The van der Waals surface area contributed by atoms with Crippen LogP contribution in [0.4, 0.5) is 11.4 Å². The third-order valence-electron chi connectivity index (χ3n) is 3.66. The zero-order valence-corrected chi connectivity index (χ0v) is 10.2. The zero-order chi connectivity index (χ0) is 12.9. The van der Waals surface area contributed by atoms with E-state index >= 15 is 0 Å². The van der Waals surface area contributed by atoms with Crippen LogP contribution in [0.3, 0.4) is 0 Å². The minimum atomic E-state index is -0.850. The number of rotatable bonds is 0. The first-order chi connectivity index (χ1) is 9.28. The van der Waals surface area contributed by atoms with Gasteiger partial charge in [-0.05, 0) is 29.7 Å². The fourth-order valence-corrected chi connectivity index (χ4v) is 2.77. The van der Waals surface area contributed by atoms with Crippen molar-refractivity contribution in [2.24, 2.45) is 0 Å². The molecule has 0 bridgehead atoms. The van der Waals surface area contributed by atoms with Crippen molar-refractivity contribution in [2.45, 2.75) is 5.66 Å². The number of nitrogens with one attached hydrogen (secondary N) is 2. The predicted octanol–water partition coefficient (Wildman–Crippen LogP) is 3.07. The van der Waals surface area contributed by atoms with Crippen molar-refractivity contribution in [3.63, 3.8) is 0 Å². The molecule has 1 heterocycles. The first kappa shape index (κ1) is 10.4. The van der Waals surface area contributed by atoms with Crippen LogP contribution in [0.5, 0.6) is 0 Å². The van der Waals surface area contributed by atoms with Crippen LogP contribution in [0.25, 0.3) is 10.8 Å². The van der Waals surface area contributed by atoms with E-state index in [0.717, 1.165) is 22.1 Å². The standard InChI is InChI=1S/C16H12N2O/c19-14-9-1-2-10-16(14)17-12-7-3-5-11-6-4-8-13(18-16)15(11)12/h1-10,17-18H. The van der Waals surface area contributed by atoms with Crippen molar-refractivity contribution in [3.8, 4) is 0 Å². The quantitative estimate of drug-likeness (QED) is 0.752. The number of anilines is 2. The molecule has 0 saturated heterocycles. The molecule has 0 radical (unpaired) electrons. The maximum Gasteiger partial charge on any atom is 0.205 e. The summed E-state index contributed by atoms with van der Waals surface area (Å²) in [5.74, 6) is 0.0153. The fraction of sp³-hybridized carbons (Fsp3) is 0.0625. The molecule has 19 heavy (non-hydrogen) atoms. The Balaban J connectivity index is 1.96. The van der Waals surface area contributed by atoms with Gasteiger partial charge in [0, 0.05) is 16.8 Å². The number of carbonyl (C=O) groups excluding carboxylic acids is 1. The maximum atomic E-state index is 12.2. The van der Waals surface area contributed by atoms with E-state index in [9.17, 15) is 4.79 Å². The highest BCUT2D eigenvalue weighted by atomic mass is 16.1. The third kappa shape index (κ3) is 1.35. The van der Waals surface area contributed by atoms with Crippen LogP contribution in [-0.4, -0.2) is 11.4 Å². The predicted molar refractivity (Wildman–Crippen MR) is 77.2 cm³/mol. The molecular formula is C16H12N2O. The van der Waals surface area contributed by atoms with Crippen molar-refractivity contribution in [1.29, 1.82) is 0 Å². The Morgan fingerprint density at radius 3 is 2.21 bits per heavy atom. The monoisotopic (exact) mass is 248 g/mol. The second kappa shape index (κ2) is 3.48. The minimum absolute atomic E-state index is 0.0153. The molecule has 1 spiro atoms. The fourth-order valence-electron chi connectivity index (χ4n) is 2.77.